The molecule has 0 spiro atoms. The van der Waals surface area contributed by atoms with E-state index in [1.54, 1.807) is 6.92 Å². The van der Waals surface area contributed by atoms with Gasteiger partial charge in [-0.1, -0.05) is 19.8 Å². The van der Waals surface area contributed by atoms with Gasteiger partial charge in [-0.3, -0.25) is 0 Å². The van der Waals surface area contributed by atoms with Crippen molar-refractivity contribution >= 4 is 5.97 Å². The van der Waals surface area contributed by atoms with Crippen LogP contribution in [0.4, 0.5) is 26.3 Å². The van der Waals surface area contributed by atoms with Crippen LogP contribution in [0, 0.1) is 0 Å². The Balaban J connectivity index is 4.88. The summed E-state index contributed by atoms with van der Waals surface area (Å²) in [6, 6.07) is 0. The molecule has 0 amide bonds. The van der Waals surface area contributed by atoms with Crippen LogP contribution in [0.1, 0.15) is 26.2 Å². The molecule has 0 aromatic rings. The lowest BCUT2D eigenvalue weighted by molar-refractivity contribution is -0.329. The third-order valence-corrected chi connectivity index (χ3v) is 1.99. The molecule has 0 aromatic heterocycles. The van der Waals surface area contributed by atoms with E-state index in [4.69, 9.17) is 5.11 Å². The number of ether oxygens (including phenoxy) is 1. The van der Waals surface area contributed by atoms with Gasteiger partial charge >= 0.3 is 18.3 Å². The predicted octanol–water partition coefficient (Wildman–Crippen LogP) is 3.14. The Hall–Kier alpha value is -0.990. The summed E-state index contributed by atoms with van der Waals surface area (Å²) >= 11 is 0. The topological polar surface area (TPSA) is 46.5 Å². The number of aliphatic carboxylic acids is 1. The number of hydrogen-bond donors (Lipinski definition) is 1. The molecule has 1 atom stereocenters. The quantitative estimate of drug-likeness (QED) is 0.761. The predicted molar refractivity (Wildman–Crippen MR) is 47.9 cm³/mol. The molecule has 0 aromatic carbocycles. The largest absolute Gasteiger partial charge is 0.479 e. The first-order valence-corrected chi connectivity index (χ1v) is 5.01. The van der Waals surface area contributed by atoms with Gasteiger partial charge in [0.15, 0.2) is 6.10 Å². The van der Waals surface area contributed by atoms with Crippen LogP contribution in [0.5, 0.6) is 0 Å². The molecule has 0 saturated carbocycles. The highest BCUT2D eigenvalue weighted by atomic mass is 19.4. The summed E-state index contributed by atoms with van der Waals surface area (Å²) in [7, 11) is 0. The van der Waals surface area contributed by atoms with Gasteiger partial charge in [-0.05, 0) is 6.42 Å². The molecule has 0 bridgehead atoms. The summed E-state index contributed by atoms with van der Waals surface area (Å²) in [5.41, 5.74) is 0. The lowest BCUT2D eigenvalue weighted by atomic mass is 10.1. The summed E-state index contributed by atoms with van der Waals surface area (Å²) in [4.78, 5) is 10.5. The monoisotopic (exact) mass is 282 g/mol. The molecule has 1 unspecified atom stereocenters. The average Bonchev–Trinajstić information content (AvgIpc) is 2.13. The van der Waals surface area contributed by atoms with E-state index in [0.29, 0.717) is 6.42 Å². The lowest BCUT2D eigenvalue weighted by Gasteiger charge is -2.26. The zero-order chi connectivity index (χ0) is 14.6. The number of carboxylic acids is 1. The van der Waals surface area contributed by atoms with Crippen molar-refractivity contribution < 1.29 is 41.0 Å². The maximum Gasteiger partial charge on any atom is 0.423 e. The van der Waals surface area contributed by atoms with E-state index in [9.17, 15) is 31.1 Å². The number of carboxylic acid groups (broad SMARTS) is 1. The third-order valence-electron chi connectivity index (χ3n) is 1.99. The molecule has 0 radical (unpaired) electrons. The number of hydrogen-bond acceptors (Lipinski definition) is 2. The van der Waals surface area contributed by atoms with E-state index < -0.39 is 37.0 Å². The molecule has 0 aliphatic heterocycles. The summed E-state index contributed by atoms with van der Waals surface area (Å²) < 4.78 is 76.4. The van der Waals surface area contributed by atoms with E-state index >= 15 is 0 Å². The zero-order valence-electron chi connectivity index (χ0n) is 9.31. The van der Waals surface area contributed by atoms with Crippen LogP contribution in [0.3, 0.4) is 0 Å². The van der Waals surface area contributed by atoms with Crippen molar-refractivity contribution in [3.8, 4) is 0 Å². The molecule has 0 aliphatic carbocycles. The summed E-state index contributed by atoms with van der Waals surface area (Å²) in [5, 5.41) is 8.52. The third kappa shape index (κ3) is 5.56. The highest BCUT2D eigenvalue weighted by molar-refractivity contribution is 5.72. The normalized spacial score (nSPS) is 14.9. The first kappa shape index (κ1) is 17.0. The van der Waals surface area contributed by atoms with Gasteiger partial charge < -0.3 is 9.84 Å². The van der Waals surface area contributed by atoms with E-state index in [-0.39, 0.29) is 6.42 Å². The van der Waals surface area contributed by atoms with Crippen molar-refractivity contribution in [2.24, 2.45) is 0 Å². The van der Waals surface area contributed by atoms with E-state index in [0.717, 1.165) is 0 Å². The molecule has 1 N–H and O–H groups in total. The van der Waals surface area contributed by atoms with Crippen LogP contribution < -0.4 is 0 Å². The second-order valence-electron chi connectivity index (χ2n) is 3.57. The molecule has 18 heavy (non-hydrogen) atoms. The zero-order valence-corrected chi connectivity index (χ0v) is 9.31. The second-order valence-corrected chi connectivity index (χ2v) is 3.57. The van der Waals surface area contributed by atoms with Gasteiger partial charge in [0.25, 0.3) is 0 Å². The van der Waals surface area contributed by atoms with Gasteiger partial charge in [-0.25, -0.2) is 4.79 Å². The molecule has 3 nitrogen and oxygen atoms in total. The molecule has 0 heterocycles. The molecular formula is C9H12F6O3. The maximum absolute atomic E-state index is 12.1. The van der Waals surface area contributed by atoms with Crippen molar-refractivity contribution in [1.82, 2.24) is 0 Å². The minimum Gasteiger partial charge on any atom is -0.479 e. The number of alkyl halides is 6. The number of carbonyl (C=O) groups is 1. The van der Waals surface area contributed by atoms with Crippen LogP contribution in [0.25, 0.3) is 0 Å². The summed E-state index contributed by atoms with van der Waals surface area (Å²) in [6.07, 6.45) is -17.4. The Morgan fingerprint density at radius 2 is 1.61 bits per heavy atom. The Kier molecular flexibility index (Phi) is 5.91. The van der Waals surface area contributed by atoms with E-state index in [1.165, 1.54) is 0 Å². The first-order valence-electron chi connectivity index (χ1n) is 5.01. The summed E-state index contributed by atoms with van der Waals surface area (Å²) in [6.45, 7) is 1.61. The molecule has 0 fully saturated rings. The standard InChI is InChI=1S/C9H12F6O3/c1-2-3-4-5(6(16)17)18-7(8(10,11)12)9(13,14)15/h5,7H,2-4H2,1H3,(H,16,17). The highest BCUT2D eigenvalue weighted by Gasteiger charge is 2.59. The molecule has 0 saturated heterocycles. The van der Waals surface area contributed by atoms with Crippen molar-refractivity contribution in [3.05, 3.63) is 0 Å². The Morgan fingerprint density at radius 1 is 1.17 bits per heavy atom. The smallest absolute Gasteiger partial charge is 0.423 e. The summed E-state index contributed by atoms with van der Waals surface area (Å²) in [5.74, 6) is -1.85. The van der Waals surface area contributed by atoms with Crippen LogP contribution in [0.15, 0.2) is 0 Å². The van der Waals surface area contributed by atoms with Gasteiger partial charge in [0.05, 0.1) is 0 Å². The van der Waals surface area contributed by atoms with Gasteiger partial charge in [0, 0.05) is 0 Å². The van der Waals surface area contributed by atoms with Crippen molar-refractivity contribution in [1.29, 1.82) is 0 Å². The molecule has 0 rings (SSSR count). The molecule has 108 valence electrons. The fraction of sp³-hybridized carbons (Fsp3) is 0.889. The van der Waals surface area contributed by atoms with Crippen molar-refractivity contribution in [2.75, 3.05) is 0 Å². The second kappa shape index (κ2) is 6.26. The van der Waals surface area contributed by atoms with E-state index in [2.05, 4.69) is 4.74 Å². The fourth-order valence-corrected chi connectivity index (χ4v) is 1.14. The van der Waals surface area contributed by atoms with E-state index in [1.807, 2.05) is 0 Å². The Bertz CT molecular complexity index is 258. The van der Waals surface area contributed by atoms with Gasteiger partial charge in [-0.2, -0.15) is 26.3 Å². The van der Waals surface area contributed by atoms with Crippen LogP contribution in [0.2, 0.25) is 0 Å². The van der Waals surface area contributed by atoms with Crippen LogP contribution >= 0.6 is 0 Å². The van der Waals surface area contributed by atoms with Crippen LogP contribution in [-0.2, 0) is 9.53 Å². The fourth-order valence-electron chi connectivity index (χ4n) is 1.14. The Morgan fingerprint density at radius 3 is 1.89 bits per heavy atom. The minimum absolute atomic E-state index is 0.152. The van der Waals surface area contributed by atoms with Gasteiger partial charge in [0.2, 0.25) is 6.10 Å². The average molecular weight is 282 g/mol. The maximum atomic E-state index is 12.1. The number of rotatable bonds is 6. The van der Waals surface area contributed by atoms with Crippen molar-refractivity contribution in [3.63, 3.8) is 0 Å². The number of unbranched alkanes of at least 4 members (excludes halogenated alkanes) is 1. The van der Waals surface area contributed by atoms with Gasteiger partial charge in [0.1, 0.15) is 0 Å². The lowest BCUT2D eigenvalue weighted by Crippen LogP contribution is -2.47. The highest BCUT2D eigenvalue weighted by Crippen LogP contribution is 2.36. The molecule has 0 aliphatic rings. The SMILES string of the molecule is CCCCC(OC(C(F)(F)F)C(F)(F)F)C(=O)O. The molecule has 9 heteroatoms. The first-order chi connectivity index (χ1) is 8.00. The van der Waals surface area contributed by atoms with Crippen molar-refractivity contribution in [2.45, 2.75) is 50.7 Å². The number of halogens is 6. The van der Waals surface area contributed by atoms with Gasteiger partial charge in [-0.15, -0.1) is 0 Å². The molecular weight excluding hydrogens is 270 g/mol. The Labute approximate surface area is 98.7 Å². The minimum atomic E-state index is -5.70. The van der Waals surface area contributed by atoms with Crippen LogP contribution in [-0.4, -0.2) is 35.6 Å².